The molecule has 0 aliphatic rings. The average molecular weight is 391 g/mol. The lowest BCUT2D eigenvalue weighted by molar-refractivity contribution is -0.118. The van der Waals surface area contributed by atoms with Crippen molar-refractivity contribution in [1.82, 2.24) is 15.4 Å². The number of thioether (sulfide) groups is 2. The number of aromatic nitrogens is 2. The van der Waals surface area contributed by atoms with E-state index < -0.39 is 0 Å². The van der Waals surface area contributed by atoms with E-state index in [1.165, 1.54) is 18.0 Å². The standard InChI is InChI=1S/C18H22N4O2S2/c1-3-4-9-25-18-20-13(2)10-17(21-18)26-12-16(24)22-19-11-14-5-7-15(23)8-6-14/h5-8,10-11,23H,3-4,9,12H2,1-2H3,(H,22,24)/b19-11-. The molecule has 0 saturated carbocycles. The van der Waals surface area contributed by atoms with Gasteiger partial charge >= 0.3 is 0 Å². The Morgan fingerprint density at radius 1 is 1.27 bits per heavy atom. The third kappa shape index (κ3) is 7.45. The van der Waals surface area contributed by atoms with Gasteiger partial charge in [-0.05, 0) is 49.2 Å². The van der Waals surface area contributed by atoms with Crippen molar-refractivity contribution < 1.29 is 9.90 Å². The van der Waals surface area contributed by atoms with E-state index in [2.05, 4.69) is 27.4 Å². The first-order valence-electron chi connectivity index (χ1n) is 8.29. The number of hydrogen-bond acceptors (Lipinski definition) is 7. The number of aromatic hydroxyl groups is 1. The van der Waals surface area contributed by atoms with Crippen molar-refractivity contribution in [2.24, 2.45) is 5.10 Å². The molecule has 2 rings (SSSR count). The van der Waals surface area contributed by atoms with Gasteiger partial charge in [-0.25, -0.2) is 15.4 Å². The van der Waals surface area contributed by atoms with Gasteiger partial charge in [0.1, 0.15) is 10.8 Å². The fraction of sp³-hybridized carbons (Fsp3) is 0.333. The van der Waals surface area contributed by atoms with Crippen molar-refractivity contribution in [3.05, 3.63) is 41.6 Å². The number of benzene rings is 1. The third-order valence-corrected chi connectivity index (χ3v) is 5.03. The molecule has 0 aliphatic carbocycles. The number of hydrazone groups is 1. The van der Waals surface area contributed by atoms with Gasteiger partial charge in [-0.3, -0.25) is 4.79 Å². The number of nitrogens with one attached hydrogen (secondary N) is 1. The lowest BCUT2D eigenvalue weighted by Crippen LogP contribution is -2.19. The normalized spacial score (nSPS) is 11.0. The van der Waals surface area contributed by atoms with E-state index >= 15 is 0 Å². The van der Waals surface area contributed by atoms with Crippen molar-refractivity contribution in [2.45, 2.75) is 36.9 Å². The predicted octanol–water partition coefficient (Wildman–Crippen LogP) is 3.63. The van der Waals surface area contributed by atoms with Gasteiger partial charge in [0.05, 0.1) is 12.0 Å². The maximum Gasteiger partial charge on any atom is 0.250 e. The molecule has 1 aromatic heterocycles. The average Bonchev–Trinajstić information content (AvgIpc) is 2.61. The van der Waals surface area contributed by atoms with Crippen LogP contribution in [0, 0.1) is 6.92 Å². The molecule has 0 aliphatic heterocycles. The first-order valence-corrected chi connectivity index (χ1v) is 10.3. The molecule has 1 aromatic carbocycles. The van der Waals surface area contributed by atoms with Crippen LogP contribution in [-0.4, -0.2) is 38.7 Å². The zero-order valence-electron chi connectivity index (χ0n) is 14.8. The molecule has 2 N–H and O–H groups in total. The van der Waals surface area contributed by atoms with Gasteiger partial charge in [-0.2, -0.15) is 5.10 Å². The highest BCUT2D eigenvalue weighted by molar-refractivity contribution is 8.00. The second-order valence-corrected chi connectivity index (χ2v) is 7.56. The molecule has 6 nitrogen and oxygen atoms in total. The van der Waals surface area contributed by atoms with Gasteiger partial charge in [0.25, 0.3) is 0 Å². The maximum absolute atomic E-state index is 11.9. The Hall–Kier alpha value is -2.06. The molecule has 0 saturated heterocycles. The van der Waals surface area contributed by atoms with E-state index in [4.69, 9.17) is 0 Å². The highest BCUT2D eigenvalue weighted by Crippen LogP contribution is 2.21. The minimum atomic E-state index is -0.207. The Bertz CT molecular complexity index is 751. The number of carbonyl (C=O) groups excluding carboxylic acids is 1. The fourth-order valence-corrected chi connectivity index (χ4v) is 3.66. The minimum Gasteiger partial charge on any atom is -0.508 e. The molecule has 8 heteroatoms. The monoisotopic (exact) mass is 390 g/mol. The number of rotatable bonds is 9. The van der Waals surface area contributed by atoms with Crippen LogP contribution in [0.5, 0.6) is 5.75 Å². The van der Waals surface area contributed by atoms with E-state index in [9.17, 15) is 9.90 Å². The Morgan fingerprint density at radius 2 is 2.04 bits per heavy atom. The van der Waals surface area contributed by atoms with Crippen LogP contribution >= 0.6 is 23.5 Å². The van der Waals surface area contributed by atoms with Crippen LogP contribution in [-0.2, 0) is 4.79 Å². The lowest BCUT2D eigenvalue weighted by Gasteiger charge is -2.05. The zero-order chi connectivity index (χ0) is 18.8. The Morgan fingerprint density at radius 3 is 2.77 bits per heavy atom. The Labute approximate surface area is 161 Å². The van der Waals surface area contributed by atoms with Gasteiger partial charge in [0.15, 0.2) is 5.16 Å². The van der Waals surface area contributed by atoms with Crippen LogP contribution in [0.1, 0.15) is 31.0 Å². The first-order chi connectivity index (χ1) is 12.6. The molecule has 0 spiro atoms. The van der Waals surface area contributed by atoms with E-state index in [1.807, 2.05) is 13.0 Å². The molecule has 1 heterocycles. The summed E-state index contributed by atoms with van der Waals surface area (Å²) in [6, 6.07) is 8.42. The van der Waals surface area contributed by atoms with Crippen LogP contribution in [0.2, 0.25) is 0 Å². The minimum absolute atomic E-state index is 0.190. The smallest absolute Gasteiger partial charge is 0.250 e. The fourth-order valence-electron chi connectivity index (χ4n) is 1.87. The molecule has 26 heavy (non-hydrogen) atoms. The molecule has 1 amide bonds. The van der Waals surface area contributed by atoms with Gasteiger partial charge in [-0.15, -0.1) is 0 Å². The summed E-state index contributed by atoms with van der Waals surface area (Å²) in [4.78, 5) is 20.8. The molecular formula is C18H22N4O2S2. The van der Waals surface area contributed by atoms with Crippen molar-refractivity contribution in [1.29, 1.82) is 0 Å². The topological polar surface area (TPSA) is 87.5 Å². The summed E-state index contributed by atoms with van der Waals surface area (Å²) in [5.41, 5.74) is 4.17. The van der Waals surface area contributed by atoms with Gasteiger partial charge in [-0.1, -0.05) is 36.9 Å². The molecule has 0 unspecified atom stereocenters. The number of carbonyl (C=O) groups is 1. The molecule has 138 valence electrons. The molecule has 0 fully saturated rings. The van der Waals surface area contributed by atoms with Crippen molar-refractivity contribution in [3.63, 3.8) is 0 Å². The van der Waals surface area contributed by atoms with Crippen molar-refractivity contribution >= 4 is 35.6 Å². The lowest BCUT2D eigenvalue weighted by atomic mass is 10.2. The zero-order valence-corrected chi connectivity index (χ0v) is 16.4. The van der Waals surface area contributed by atoms with Crippen LogP contribution < -0.4 is 5.43 Å². The van der Waals surface area contributed by atoms with E-state index in [0.29, 0.717) is 0 Å². The van der Waals surface area contributed by atoms with Crippen LogP contribution in [0.3, 0.4) is 0 Å². The molecule has 0 radical (unpaired) electrons. The molecule has 0 atom stereocenters. The van der Waals surface area contributed by atoms with E-state index in [-0.39, 0.29) is 17.4 Å². The summed E-state index contributed by atoms with van der Waals surface area (Å²) in [5, 5.41) is 14.7. The molecule has 2 aromatic rings. The molecular weight excluding hydrogens is 368 g/mol. The van der Waals surface area contributed by atoms with Crippen LogP contribution in [0.15, 0.2) is 45.6 Å². The van der Waals surface area contributed by atoms with Crippen molar-refractivity contribution in [3.8, 4) is 5.75 Å². The number of aryl methyl sites for hydroxylation is 1. The van der Waals surface area contributed by atoms with Crippen molar-refractivity contribution in [2.75, 3.05) is 11.5 Å². The number of amides is 1. The first kappa shape index (κ1) is 20.3. The Kier molecular flexibility index (Phi) is 8.43. The summed E-state index contributed by atoms with van der Waals surface area (Å²) in [7, 11) is 0. The van der Waals surface area contributed by atoms with Crippen LogP contribution in [0.25, 0.3) is 0 Å². The number of nitrogens with zero attached hydrogens (tertiary/aromatic N) is 3. The summed E-state index contributed by atoms with van der Waals surface area (Å²) in [6.07, 6.45) is 3.80. The summed E-state index contributed by atoms with van der Waals surface area (Å²) in [6.45, 7) is 4.08. The Balaban J connectivity index is 1.81. The second-order valence-electron chi connectivity index (χ2n) is 5.51. The number of phenolic OH excluding ortho intramolecular Hbond substituents is 1. The SMILES string of the molecule is CCCCSc1nc(C)cc(SCC(=O)N/N=C\c2ccc(O)cc2)n1. The number of unbranched alkanes of at least 4 members (excludes halogenated alkanes) is 1. The summed E-state index contributed by atoms with van der Waals surface area (Å²) in [5.74, 6) is 1.20. The molecule has 0 bridgehead atoms. The second kappa shape index (κ2) is 10.8. The van der Waals surface area contributed by atoms with Gasteiger partial charge < -0.3 is 5.11 Å². The van der Waals surface area contributed by atoms with E-state index in [1.54, 1.807) is 36.0 Å². The summed E-state index contributed by atoms with van der Waals surface area (Å²) >= 11 is 3.00. The number of hydrogen-bond donors (Lipinski definition) is 2. The highest BCUT2D eigenvalue weighted by atomic mass is 32.2. The highest BCUT2D eigenvalue weighted by Gasteiger charge is 2.07. The van der Waals surface area contributed by atoms with Gasteiger partial charge in [0.2, 0.25) is 5.91 Å². The van der Waals surface area contributed by atoms with Gasteiger partial charge in [0, 0.05) is 11.4 Å². The number of phenols is 1. The largest absolute Gasteiger partial charge is 0.508 e. The van der Waals surface area contributed by atoms with E-state index in [0.717, 1.165) is 40.0 Å². The maximum atomic E-state index is 11.9. The van der Waals surface area contributed by atoms with Crippen LogP contribution in [0.4, 0.5) is 0 Å². The third-order valence-electron chi connectivity index (χ3n) is 3.19. The summed E-state index contributed by atoms with van der Waals surface area (Å²) < 4.78 is 0. The quantitative estimate of drug-likeness (QED) is 0.170. The predicted molar refractivity (Wildman–Crippen MR) is 107 cm³/mol.